The van der Waals surface area contributed by atoms with Gasteiger partial charge in [0.15, 0.2) is 0 Å². The van der Waals surface area contributed by atoms with Gasteiger partial charge < -0.3 is 10.5 Å². The molecule has 1 aliphatic rings. The van der Waals surface area contributed by atoms with Crippen LogP contribution in [0.15, 0.2) is 36.5 Å². The number of nitrogens with two attached hydrogens (primary N) is 1. The fraction of sp³-hybridized carbons (Fsp3) is 0.438. The summed E-state index contributed by atoms with van der Waals surface area (Å²) in [6, 6.07) is 10.3. The van der Waals surface area contributed by atoms with Crippen LogP contribution in [0, 0.1) is 0 Å². The first-order valence-electron chi connectivity index (χ1n) is 6.96. The summed E-state index contributed by atoms with van der Waals surface area (Å²) in [7, 11) is 0. The van der Waals surface area contributed by atoms with Gasteiger partial charge in [-0.05, 0) is 36.6 Å². The number of fused-ring (bicyclic) bond motifs is 1. The van der Waals surface area contributed by atoms with Gasteiger partial charge in [0, 0.05) is 17.1 Å². The molecule has 100 valence electrons. The quantitative estimate of drug-likeness (QED) is 0.914. The Morgan fingerprint density at radius 2 is 2.05 bits per heavy atom. The fourth-order valence-corrected chi connectivity index (χ4v) is 2.81. The summed E-state index contributed by atoms with van der Waals surface area (Å²) in [4.78, 5) is 4.32. The third-order valence-corrected chi connectivity index (χ3v) is 3.92. The number of hydrogen-bond donors (Lipinski definition) is 1. The maximum atomic E-state index is 6.28. The van der Waals surface area contributed by atoms with Crippen LogP contribution in [0.3, 0.4) is 0 Å². The highest BCUT2D eigenvalue weighted by Crippen LogP contribution is 2.27. The normalized spacial score (nSPS) is 17.9. The van der Waals surface area contributed by atoms with Crippen molar-refractivity contribution in [2.45, 2.75) is 37.8 Å². The van der Waals surface area contributed by atoms with Crippen molar-refractivity contribution in [3.63, 3.8) is 0 Å². The molecule has 1 aliphatic carbocycles. The zero-order valence-electron chi connectivity index (χ0n) is 11.1. The van der Waals surface area contributed by atoms with Crippen LogP contribution >= 0.6 is 0 Å². The molecule has 0 spiro atoms. The number of pyridine rings is 1. The number of aromatic nitrogens is 1. The van der Waals surface area contributed by atoms with E-state index in [1.54, 1.807) is 0 Å². The highest BCUT2D eigenvalue weighted by atomic mass is 16.5. The molecule has 0 amide bonds. The zero-order valence-corrected chi connectivity index (χ0v) is 11.1. The van der Waals surface area contributed by atoms with Crippen molar-refractivity contribution in [2.24, 2.45) is 5.73 Å². The van der Waals surface area contributed by atoms with E-state index in [0.717, 1.165) is 23.7 Å². The lowest BCUT2D eigenvalue weighted by Crippen LogP contribution is -2.41. The van der Waals surface area contributed by atoms with E-state index in [1.807, 2.05) is 18.3 Å². The molecule has 0 saturated heterocycles. The van der Waals surface area contributed by atoms with Crippen molar-refractivity contribution >= 4 is 10.9 Å². The van der Waals surface area contributed by atoms with Crippen molar-refractivity contribution in [1.82, 2.24) is 4.98 Å². The largest absolute Gasteiger partial charge is 0.375 e. The van der Waals surface area contributed by atoms with E-state index in [1.165, 1.54) is 18.4 Å². The average Bonchev–Trinajstić information content (AvgIpc) is 2.86. The molecular weight excluding hydrogens is 236 g/mol. The molecule has 1 heterocycles. The van der Waals surface area contributed by atoms with E-state index < -0.39 is 0 Å². The summed E-state index contributed by atoms with van der Waals surface area (Å²) < 4.78 is 5.81. The van der Waals surface area contributed by atoms with E-state index in [4.69, 9.17) is 10.5 Å². The van der Waals surface area contributed by atoms with E-state index in [2.05, 4.69) is 23.2 Å². The predicted molar refractivity (Wildman–Crippen MR) is 76.8 cm³/mol. The Labute approximate surface area is 113 Å². The van der Waals surface area contributed by atoms with E-state index in [0.29, 0.717) is 13.2 Å². The van der Waals surface area contributed by atoms with Crippen LogP contribution in [0.5, 0.6) is 0 Å². The van der Waals surface area contributed by atoms with Crippen LogP contribution in [0.2, 0.25) is 0 Å². The summed E-state index contributed by atoms with van der Waals surface area (Å²) in [5.74, 6) is 0. The summed E-state index contributed by atoms with van der Waals surface area (Å²) in [6.45, 7) is 1.29. The van der Waals surface area contributed by atoms with Gasteiger partial charge in [-0.25, -0.2) is 0 Å². The molecule has 3 rings (SSSR count). The van der Waals surface area contributed by atoms with Crippen LogP contribution in [0.25, 0.3) is 10.9 Å². The Hall–Kier alpha value is -1.45. The third kappa shape index (κ3) is 2.94. The Bertz CT molecular complexity index is 561. The van der Waals surface area contributed by atoms with Crippen molar-refractivity contribution < 1.29 is 4.74 Å². The zero-order chi connectivity index (χ0) is 13.1. The molecule has 1 aromatic carbocycles. The standard InChI is InChI=1S/C16H20N2O/c17-16(7-1-2-8-16)12-19-11-13-5-6-15-14(10-13)4-3-9-18-15/h3-6,9-10H,1-2,7-8,11-12,17H2. The molecule has 19 heavy (non-hydrogen) atoms. The highest BCUT2D eigenvalue weighted by molar-refractivity contribution is 5.78. The molecule has 0 bridgehead atoms. The first-order chi connectivity index (χ1) is 9.25. The molecule has 0 atom stereocenters. The molecule has 2 N–H and O–H groups in total. The van der Waals surface area contributed by atoms with Gasteiger partial charge in [0.1, 0.15) is 0 Å². The monoisotopic (exact) mass is 256 g/mol. The van der Waals surface area contributed by atoms with Gasteiger partial charge in [0.2, 0.25) is 0 Å². The number of benzene rings is 1. The second-order valence-electron chi connectivity index (χ2n) is 5.59. The molecule has 2 aromatic rings. The molecule has 0 unspecified atom stereocenters. The maximum Gasteiger partial charge on any atom is 0.0718 e. The maximum absolute atomic E-state index is 6.28. The second-order valence-corrected chi connectivity index (χ2v) is 5.59. The van der Waals surface area contributed by atoms with Crippen molar-refractivity contribution in [3.05, 3.63) is 42.1 Å². The number of rotatable bonds is 4. The summed E-state index contributed by atoms with van der Waals surface area (Å²) in [6.07, 6.45) is 6.48. The van der Waals surface area contributed by atoms with Crippen molar-refractivity contribution in [1.29, 1.82) is 0 Å². The summed E-state index contributed by atoms with van der Waals surface area (Å²) in [5, 5.41) is 1.16. The van der Waals surface area contributed by atoms with Crippen LogP contribution in [-0.2, 0) is 11.3 Å². The predicted octanol–water partition coefficient (Wildman–Crippen LogP) is 3.02. The Morgan fingerprint density at radius 3 is 2.89 bits per heavy atom. The van der Waals surface area contributed by atoms with Crippen molar-refractivity contribution in [2.75, 3.05) is 6.61 Å². The summed E-state index contributed by atoms with van der Waals surface area (Å²) >= 11 is 0. The SMILES string of the molecule is NC1(COCc2ccc3ncccc3c2)CCCC1. The molecule has 1 saturated carbocycles. The number of nitrogens with zero attached hydrogens (tertiary/aromatic N) is 1. The first kappa shape index (κ1) is 12.6. The van der Waals surface area contributed by atoms with E-state index >= 15 is 0 Å². The van der Waals surface area contributed by atoms with Gasteiger partial charge in [-0.3, -0.25) is 4.98 Å². The Kier molecular flexibility index (Phi) is 3.49. The minimum atomic E-state index is -0.0849. The minimum absolute atomic E-state index is 0.0849. The van der Waals surface area contributed by atoms with Gasteiger partial charge in [0.25, 0.3) is 0 Å². The van der Waals surface area contributed by atoms with Crippen LogP contribution < -0.4 is 5.73 Å². The third-order valence-electron chi connectivity index (χ3n) is 3.92. The summed E-state index contributed by atoms with van der Waals surface area (Å²) in [5.41, 5.74) is 8.40. The van der Waals surface area contributed by atoms with Crippen LogP contribution in [0.4, 0.5) is 0 Å². The Balaban J connectivity index is 1.62. The molecule has 3 heteroatoms. The fourth-order valence-electron chi connectivity index (χ4n) is 2.81. The molecule has 0 radical (unpaired) electrons. The molecule has 3 nitrogen and oxygen atoms in total. The number of hydrogen-bond acceptors (Lipinski definition) is 3. The van der Waals surface area contributed by atoms with Crippen molar-refractivity contribution in [3.8, 4) is 0 Å². The van der Waals surface area contributed by atoms with Gasteiger partial charge in [0.05, 0.1) is 18.7 Å². The molecule has 1 fully saturated rings. The van der Waals surface area contributed by atoms with Crippen LogP contribution in [0.1, 0.15) is 31.2 Å². The molecule has 1 aromatic heterocycles. The van der Waals surface area contributed by atoms with Gasteiger partial charge >= 0.3 is 0 Å². The smallest absolute Gasteiger partial charge is 0.0718 e. The lowest BCUT2D eigenvalue weighted by Gasteiger charge is -2.23. The number of ether oxygens (including phenoxy) is 1. The lowest BCUT2D eigenvalue weighted by atomic mass is 10.0. The van der Waals surface area contributed by atoms with Gasteiger partial charge in [-0.2, -0.15) is 0 Å². The lowest BCUT2D eigenvalue weighted by molar-refractivity contribution is 0.0751. The minimum Gasteiger partial charge on any atom is -0.375 e. The molecular formula is C16H20N2O. The first-order valence-corrected chi connectivity index (χ1v) is 6.96. The average molecular weight is 256 g/mol. The Morgan fingerprint density at radius 1 is 1.21 bits per heavy atom. The van der Waals surface area contributed by atoms with E-state index in [-0.39, 0.29) is 5.54 Å². The van der Waals surface area contributed by atoms with Gasteiger partial charge in [-0.15, -0.1) is 0 Å². The molecule has 0 aliphatic heterocycles. The topological polar surface area (TPSA) is 48.1 Å². The second kappa shape index (κ2) is 5.27. The van der Waals surface area contributed by atoms with E-state index in [9.17, 15) is 0 Å². The highest BCUT2D eigenvalue weighted by Gasteiger charge is 2.29. The van der Waals surface area contributed by atoms with Crippen LogP contribution in [-0.4, -0.2) is 17.1 Å². The van der Waals surface area contributed by atoms with Gasteiger partial charge in [-0.1, -0.05) is 25.0 Å².